The number of aromatic nitrogens is 2. The second-order valence-electron chi connectivity index (χ2n) is 7.67. The van der Waals surface area contributed by atoms with Crippen molar-refractivity contribution in [3.05, 3.63) is 75.2 Å². The van der Waals surface area contributed by atoms with Gasteiger partial charge in [-0.15, -0.1) is 0 Å². The molecule has 1 aromatic heterocycles. The summed E-state index contributed by atoms with van der Waals surface area (Å²) in [6.07, 6.45) is 0.670. The predicted molar refractivity (Wildman–Crippen MR) is 121 cm³/mol. The van der Waals surface area contributed by atoms with Gasteiger partial charge >= 0.3 is 0 Å². The molecule has 1 amide bonds. The lowest BCUT2D eigenvalue weighted by Gasteiger charge is -2.31. The van der Waals surface area contributed by atoms with E-state index < -0.39 is 0 Å². The van der Waals surface area contributed by atoms with Gasteiger partial charge in [0, 0.05) is 53.6 Å². The van der Waals surface area contributed by atoms with Crippen molar-refractivity contribution in [3.63, 3.8) is 0 Å². The summed E-state index contributed by atoms with van der Waals surface area (Å²) in [5.41, 5.74) is 3.01. The molecule has 1 N–H and O–H groups in total. The molecule has 9 heteroatoms. The minimum atomic E-state index is -0.324. The smallest absolute Gasteiger partial charge is 0.267 e. The minimum Gasteiger partial charge on any atom is -0.486 e. The zero-order valence-electron chi connectivity index (χ0n) is 17.2. The molecule has 8 nitrogen and oxygen atoms in total. The summed E-state index contributed by atoms with van der Waals surface area (Å²) in [5, 5.41) is 7.79. The highest BCUT2D eigenvalue weighted by atomic mass is 35.5. The maximum atomic E-state index is 12.6. The highest BCUT2D eigenvalue weighted by molar-refractivity contribution is 6.30. The summed E-state index contributed by atoms with van der Waals surface area (Å²) >= 11 is 5.86. The van der Waals surface area contributed by atoms with Gasteiger partial charge in [-0.25, -0.2) is 4.68 Å². The van der Waals surface area contributed by atoms with Crippen LogP contribution in [0.4, 0.5) is 11.4 Å². The molecular weight excluding hydrogens is 432 g/mol. The van der Waals surface area contributed by atoms with Crippen LogP contribution < -0.4 is 25.2 Å². The average Bonchev–Trinajstić information content (AvgIpc) is 2.80. The predicted octanol–water partition coefficient (Wildman–Crippen LogP) is 2.87. The second-order valence-corrected chi connectivity index (χ2v) is 8.10. The molecule has 0 radical (unpaired) electrons. The molecule has 0 saturated carbocycles. The van der Waals surface area contributed by atoms with Gasteiger partial charge in [0.25, 0.3) is 5.56 Å². The van der Waals surface area contributed by atoms with Crippen LogP contribution in [-0.4, -0.2) is 35.4 Å². The lowest BCUT2D eigenvalue weighted by atomic mass is 10.1. The van der Waals surface area contributed by atoms with Crippen LogP contribution in [-0.2, 0) is 24.3 Å². The SMILES string of the molecule is O=C(Cn1nc2c(cc1=O)CN(c1ccc3c(c1)OCCO3)CC2)Nc1ccc(Cl)cc1. The molecule has 0 aliphatic carbocycles. The molecule has 3 heterocycles. The van der Waals surface area contributed by atoms with Crippen molar-refractivity contribution in [2.45, 2.75) is 19.5 Å². The van der Waals surface area contributed by atoms with E-state index in [1.165, 1.54) is 4.68 Å². The number of hydrogen-bond acceptors (Lipinski definition) is 6. The van der Waals surface area contributed by atoms with Gasteiger partial charge in [0.1, 0.15) is 19.8 Å². The van der Waals surface area contributed by atoms with Crippen molar-refractivity contribution in [3.8, 4) is 11.5 Å². The van der Waals surface area contributed by atoms with Gasteiger partial charge in [0.15, 0.2) is 11.5 Å². The number of anilines is 2. The van der Waals surface area contributed by atoms with Crippen molar-refractivity contribution in [2.75, 3.05) is 30.0 Å². The van der Waals surface area contributed by atoms with Gasteiger partial charge in [-0.05, 0) is 36.4 Å². The molecule has 0 saturated heterocycles. The minimum absolute atomic E-state index is 0.152. The van der Waals surface area contributed by atoms with Crippen molar-refractivity contribution in [2.24, 2.45) is 0 Å². The van der Waals surface area contributed by atoms with E-state index in [-0.39, 0.29) is 18.0 Å². The Bertz CT molecular complexity index is 1230. The molecule has 32 heavy (non-hydrogen) atoms. The first-order chi connectivity index (χ1) is 15.5. The molecule has 5 rings (SSSR count). The molecule has 0 spiro atoms. The number of amides is 1. The number of halogens is 1. The van der Waals surface area contributed by atoms with E-state index in [1.807, 2.05) is 18.2 Å². The van der Waals surface area contributed by atoms with Crippen molar-refractivity contribution < 1.29 is 14.3 Å². The molecule has 164 valence electrons. The van der Waals surface area contributed by atoms with Crippen molar-refractivity contribution >= 4 is 28.9 Å². The molecule has 0 bridgehead atoms. The standard InChI is InChI=1S/C23H21ClN4O4/c24-16-1-3-17(4-2-16)25-22(29)14-28-23(30)11-15-13-27(8-7-19(15)26-28)18-5-6-20-21(12-18)32-10-9-31-20/h1-6,11-12H,7-10,13-14H2,(H,25,29). The Morgan fingerprint density at radius 1 is 1.06 bits per heavy atom. The maximum absolute atomic E-state index is 12.6. The highest BCUT2D eigenvalue weighted by Crippen LogP contribution is 2.35. The molecule has 0 fully saturated rings. The Balaban J connectivity index is 1.29. The van der Waals surface area contributed by atoms with Crippen LogP contribution in [0.25, 0.3) is 0 Å². The third-order valence-corrected chi connectivity index (χ3v) is 5.71. The van der Waals surface area contributed by atoms with Crippen LogP contribution in [0.15, 0.2) is 53.3 Å². The summed E-state index contributed by atoms with van der Waals surface area (Å²) in [6.45, 7) is 2.25. The zero-order chi connectivity index (χ0) is 22.1. The zero-order valence-corrected chi connectivity index (χ0v) is 18.0. The van der Waals surface area contributed by atoms with E-state index in [0.717, 1.165) is 35.0 Å². The number of nitrogens with one attached hydrogen (secondary N) is 1. The fourth-order valence-electron chi connectivity index (χ4n) is 3.87. The lowest BCUT2D eigenvalue weighted by Crippen LogP contribution is -2.36. The van der Waals surface area contributed by atoms with Gasteiger partial charge < -0.3 is 19.7 Å². The van der Waals surface area contributed by atoms with Crippen LogP contribution in [0.3, 0.4) is 0 Å². The van der Waals surface area contributed by atoms with Crippen LogP contribution in [0, 0.1) is 0 Å². The Labute approximate surface area is 189 Å². The third kappa shape index (κ3) is 4.27. The molecule has 2 aromatic carbocycles. The topological polar surface area (TPSA) is 85.7 Å². The number of benzene rings is 2. The lowest BCUT2D eigenvalue weighted by molar-refractivity contribution is -0.117. The van der Waals surface area contributed by atoms with Crippen LogP contribution in [0.1, 0.15) is 11.3 Å². The monoisotopic (exact) mass is 452 g/mol. The van der Waals surface area contributed by atoms with E-state index >= 15 is 0 Å². The number of hydrogen-bond donors (Lipinski definition) is 1. The fraction of sp³-hybridized carbons (Fsp3) is 0.261. The van der Waals surface area contributed by atoms with E-state index in [0.29, 0.717) is 36.9 Å². The van der Waals surface area contributed by atoms with E-state index in [4.69, 9.17) is 21.1 Å². The molecule has 0 unspecified atom stereocenters. The molecular formula is C23H21ClN4O4. The Hall–Kier alpha value is -3.52. The maximum Gasteiger partial charge on any atom is 0.267 e. The van der Waals surface area contributed by atoms with Gasteiger partial charge in [0.05, 0.1) is 5.69 Å². The number of carbonyl (C=O) groups is 1. The number of ether oxygens (including phenoxy) is 2. The first kappa shape index (κ1) is 20.4. The molecule has 3 aromatic rings. The molecule has 0 atom stereocenters. The fourth-order valence-corrected chi connectivity index (χ4v) is 4.00. The van der Waals surface area contributed by atoms with Crippen LogP contribution in [0.5, 0.6) is 11.5 Å². The second kappa shape index (κ2) is 8.55. The van der Waals surface area contributed by atoms with E-state index in [1.54, 1.807) is 30.3 Å². The number of carbonyl (C=O) groups excluding carboxylic acids is 1. The van der Waals surface area contributed by atoms with Gasteiger partial charge in [0.2, 0.25) is 5.91 Å². The summed E-state index contributed by atoms with van der Waals surface area (Å²) in [5.74, 6) is 1.16. The van der Waals surface area contributed by atoms with Gasteiger partial charge in [-0.3, -0.25) is 9.59 Å². The number of rotatable bonds is 4. The first-order valence-corrected chi connectivity index (χ1v) is 10.7. The summed E-state index contributed by atoms with van der Waals surface area (Å²) in [6, 6.07) is 14.2. The van der Waals surface area contributed by atoms with E-state index in [9.17, 15) is 9.59 Å². The normalized spacial score (nSPS) is 14.6. The number of nitrogens with zero attached hydrogens (tertiary/aromatic N) is 3. The molecule has 2 aliphatic rings. The quantitative estimate of drug-likeness (QED) is 0.655. The molecule has 2 aliphatic heterocycles. The Morgan fingerprint density at radius 2 is 1.84 bits per heavy atom. The Kier molecular flexibility index (Phi) is 5.45. The summed E-state index contributed by atoms with van der Waals surface area (Å²) in [7, 11) is 0. The summed E-state index contributed by atoms with van der Waals surface area (Å²) < 4.78 is 12.5. The van der Waals surface area contributed by atoms with Crippen molar-refractivity contribution in [1.29, 1.82) is 0 Å². The van der Waals surface area contributed by atoms with Crippen molar-refractivity contribution in [1.82, 2.24) is 9.78 Å². The van der Waals surface area contributed by atoms with E-state index in [2.05, 4.69) is 15.3 Å². The third-order valence-electron chi connectivity index (χ3n) is 5.46. The van der Waals surface area contributed by atoms with Gasteiger partial charge in [-0.1, -0.05) is 11.6 Å². The van der Waals surface area contributed by atoms with Crippen LogP contribution >= 0.6 is 11.6 Å². The highest BCUT2D eigenvalue weighted by Gasteiger charge is 2.22. The average molecular weight is 453 g/mol. The van der Waals surface area contributed by atoms with Gasteiger partial charge in [-0.2, -0.15) is 5.10 Å². The first-order valence-electron chi connectivity index (χ1n) is 10.3. The largest absolute Gasteiger partial charge is 0.486 e. The van der Waals surface area contributed by atoms with Crippen LogP contribution in [0.2, 0.25) is 5.02 Å². The Morgan fingerprint density at radius 3 is 2.66 bits per heavy atom. The number of fused-ring (bicyclic) bond motifs is 2. The summed E-state index contributed by atoms with van der Waals surface area (Å²) in [4.78, 5) is 27.2.